The largest absolute Gasteiger partial charge is 0.497 e. The maximum atomic E-state index is 12.7. The van der Waals surface area contributed by atoms with E-state index in [1.54, 1.807) is 19.5 Å². The summed E-state index contributed by atoms with van der Waals surface area (Å²) in [6.45, 7) is 0.726. The molecule has 2 aromatic rings. The van der Waals surface area contributed by atoms with E-state index in [4.69, 9.17) is 4.74 Å². The number of benzene rings is 1. The lowest BCUT2D eigenvalue weighted by atomic mass is 10.2. The highest BCUT2D eigenvalue weighted by Gasteiger charge is 2.02. The Balaban J connectivity index is 2.11. The van der Waals surface area contributed by atoms with Gasteiger partial charge in [-0.3, -0.25) is 0 Å². The number of nitrogens with zero attached hydrogens (tertiary/aromatic N) is 1. The number of methoxy groups -OCH3 is 1. The molecule has 2 nitrogen and oxygen atoms in total. The van der Waals surface area contributed by atoms with Crippen LogP contribution in [-0.2, 0) is 6.54 Å². The van der Waals surface area contributed by atoms with Gasteiger partial charge in [-0.15, -0.1) is 0 Å². The second kappa shape index (κ2) is 4.75. The highest BCUT2D eigenvalue weighted by atomic mass is 19.1. The molecular formula is C13H13FNO+. The van der Waals surface area contributed by atoms with Crippen LogP contribution >= 0.6 is 0 Å². The Labute approximate surface area is 93.9 Å². The van der Waals surface area contributed by atoms with E-state index in [0.29, 0.717) is 0 Å². The van der Waals surface area contributed by atoms with E-state index in [-0.39, 0.29) is 5.82 Å². The fourth-order valence-electron chi connectivity index (χ4n) is 1.49. The summed E-state index contributed by atoms with van der Waals surface area (Å²) in [5.41, 5.74) is 1.15. The van der Waals surface area contributed by atoms with Gasteiger partial charge in [-0.1, -0.05) is 0 Å². The zero-order valence-electron chi connectivity index (χ0n) is 9.06. The Hall–Kier alpha value is -1.90. The SMILES string of the molecule is COc1ccc(C[n+]2ccc(F)cc2)cc1. The standard InChI is InChI=1S/C13H13FNO/c1-16-13-4-2-11(3-5-13)10-15-8-6-12(14)7-9-15/h2-9H,10H2,1H3/q+1. The molecule has 3 heteroatoms. The molecule has 16 heavy (non-hydrogen) atoms. The van der Waals surface area contributed by atoms with E-state index in [1.807, 2.05) is 28.8 Å². The third-order valence-electron chi connectivity index (χ3n) is 2.37. The normalized spacial score (nSPS) is 10.1. The predicted molar refractivity (Wildman–Crippen MR) is 58.7 cm³/mol. The molecule has 82 valence electrons. The van der Waals surface area contributed by atoms with Gasteiger partial charge in [-0.2, -0.15) is 0 Å². The van der Waals surface area contributed by atoms with E-state index in [9.17, 15) is 4.39 Å². The minimum absolute atomic E-state index is 0.217. The Kier molecular flexibility index (Phi) is 3.15. The minimum atomic E-state index is -0.217. The minimum Gasteiger partial charge on any atom is -0.497 e. The average Bonchev–Trinajstić information content (AvgIpc) is 2.33. The Morgan fingerprint density at radius 2 is 1.69 bits per heavy atom. The number of pyridine rings is 1. The summed E-state index contributed by atoms with van der Waals surface area (Å²) < 4.78 is 19.7. The first-order chi connectivity index (χ1) is 7.78. The number of aromatic nitrogens is 1. The first-order valence-electron chi connectivity index (χ1n) is 5.05. The Morgan fingerprint density at radius 3 is 2.25 bits per heavy atom. The van der Waals surface area contributed by atoms with E-state index >= 15 is 0 Å². The maximum absolute atomic E-state index is 12.7. The van der Waals surface area contributed by atoms with E-state index in [1.165, 1.54) is 12.1 Å². The number of ether oxygens (including phenoxy) is 1. The van der Waals surface area contributed by atoms with Crippen molar-refractivity contribution in [2.75, 3.05) is 7.11 Å². The van der Waals surface area contributed by atoms with Crippen molar-refractivity contribution in [2.24, 2.45) is 0 Å². The van der Waals surface area contributed by atoms with Crippen LogP contribution in [0.2, 0.25) is 0 Å². The summed E-state index contributed by atoms with van der Waals surface area (Å²) in [6.07, 6.45) is 3.44. The molecule has 1 heterocycles. The van der Waals surface area contributed by atoms with Gasteiger partial charge in [-0.05, 0) is 24.3 Å². The highest BCUT2D eigenvalue weighted by molar-refractivity contribution is 5.26. The average molecular weight is 218 g/mol. The Morgan fingerprint density at radius 1 is 1.06 bits per heavy atom. The summed E-state index contributed by atoms with van der Waals surface area (Å²) in [5, 5.41) is 0. The molecule has 0 saturated heterocycles. The van der Waals surface area contributed by atoms with Crippen LogP contribution in [0, 0.1) is 5.82 Å². The molecule has 0 aliphatic rings. The molecule has 0 atom stereocenters. The molecule has 0 saturated carbocycles. The lowest BCUT2D eigenvalue weighted by Gasteiger charge is -2.00. The van der Waals surface area contributed by atoms with Crippen molar-refractivity contribution >= 4 is 0 Å². The van der Waals surface area contributed by atoms with Gasteiger partial charge < -0.3 is 4.74 Å². The van der Waals surface area contributed by atoms with E-state index < -0.39 is 0 Å². The summed E-state index contributed by atoms with van der Waals surface area (Å²) in [7, 11) is 1.64. The predicted octanol–water partition coefficient (Wildman–Crippen LogP) is 2.17. The van der Waals surface area contributed by atoms with Gasteiger partial charge in [0.15, 0.2) is 18.9 Å². The van der Waals surface area contributed by atoms with Crippen molar-refractivity contribution in [1.29, 1.82) is 0 Å². The van der Waals surface area contributed by atoms with Gasteiger partial charge in [-0.25, -0.2) is 8.96 Å². The molecule has 0 radical (unpaired) electrons. The highest BCUT2D eigenvalue weighted by Crippen LogP contribution is 2.10. The second-order valence-electron chi connectivity index (χ2n) is 3.54. The van der Waals surface area contributed by atoms with Crippen molar-refractivity contribution in [2.45, 2.75) is 6.54 Å². The number of hydrogen-bond acceptors (Lipinski definition) is 1. The molecule has 0 amide bonds. The van der Waals surface area contributed by atoms with Gasteiger partial charge in [0.25, 0.3) is 0 Å². The fourth-order valence-corrected chi connectivity index (χ4v) is 1.49. The van der Waals surface area contributed by atoms with Crippen LogP contribution in [0.3, 0.4) is 0 Å². The third kappa shape index (κ3) is 2.57. The van der Waals surface area contributed by atoms with Gasteiger partial charge in [0.05, 0.1) is 7.11 Å². The maximum Gasteiger partial charge on any atom is 0.173 e. The van der Waals surface area contributed by atoms with Crippen LogP contribution in [0.5, 0.6) is 5.75 Å². The quantitative estimate of drug-likeness (QED) is 0.720. The van der Waals surface area contributed by atoms with Crippen LogP contribution in [0.4, 0.5) is 4.39 Å². The van der Waals surface area contributed by atoms with Crippen LogP contribution in [0.25, 0.3) is 0 Å². The van der Waals surface area contributed by atoms with E-state index in [2.05, 4.69) is 0 Å². The zero-order valence-corrected chi connectivity index (χ0v) is 9.06. The zero-order chi connectivity index (χ0) is 11.4. The molecule has 0 fully saturated rings. The van der Waals surface area contributed by atoms with Gasteiger partial charge in [0.2, 0.25) is 0 Å². The van der Waals surface area contributed by atoms with Crippen molar-refractivity contribution in [3.05, 3.63) is 60.2 Å². The topological polar surface area (TPSA) is 13.1 Å². The molecular weight excluding hydrogens is 205 g/mol. The Bertz CT molecular complexity index is 450. The van der Waals surface area contributed by atoms with Crippen molar-refractivity contribution in [3.8, 4) is 5.75 Å². The third-order valence-corrected chi connectivity index (χ3v) is 2.37. The summed E-state index contributed by atoms with van der Waals surface area (Å²) >= 11 is 0. The molecule has 1 aromatic carbocycles. The summed E-state index contributed by atoms with van der Waals surface area (Å²) in [5.74, 6) is 0.624. The van der Waals surface area contributed by atoms with Gasteiger partial charge >= 0.3 is 0 Å². The second-order valence-corrected chi connectivity index (χ2v) is 3.54. The summed E-state index contributed by atoms with van der Waals surface area (Å²) in [4.78, 5) is 0. The molecule has 0 aliphatic heterocycles. The van der Waals surface area contributed by atoms with Crippen LogP contribution in [0.1, 0.15) is 5.56 Å². The molecule has 0 unspecified atom stereocenters. The van der Waals surface area contributed by atoms with Crippen molar-refractivity contribution in [3.63, 3.8) is 0 Å². The molecule has 0 N–H and O–H groups in total. The lowest BCUT2D eigenvalue weighted by molar-refractivity contribution is -0.688. The smallest absolute Gasteiger partial charge is 0.173 e. The molecule has 0 bridgehead atoms. The molecule has 1 aromatic heterocycles. The fraction of sp³-hybridized carbons (Fsp3) is 0.154. The van der Waals surface area contributed by atoms with Crippen LogP contribution in [-0.4, -0.2) is 7.11 Å². The number of halogens is 1. The number of rotatable bonds is 3. The number of hydrogen-bond donors (Lipinski definition) is 0. The molecule has 2 rings (SSSR count). The van der Waals surface area contributed by atoms with Gasteiger partial charge in [0, 0.05) is 17.7 Å². The molecule has 0 aliphatic carbocycles. The first kappa shape index (κ1) is 10.6. The lowest BCUT2D eigenvalue weighted by Crippen LogP contribution is -2.33. The van der Waals surface area contributed by atoms with Crippen molar-refractivity contribution < 1.29 is 13.7 Å². The summed E-state index contributed by atoms with van der Waals surface area (Å²) in [6, 6.07) is 10.7. The van der Waals surface area contributed by atoms with Crippen LogP contribution < -0.4 is 9.30 Å². The van der Waals surface area contributed by atoms with Gasteiger partial charge in [0.1, 0.15) is 11.6 Å². The van der Waals surface area contributed by atoms with Crippen molar-refractivity contribution in [1.82, 2.24) is 0 Å². The molecule has 0 spiro atoms. The van der Waals surface area contributed by atoms with Crippen LogP contribution in [0.15, 0.2) is 48.8 Å². The first-order valence-corrected chi connectivity index (χ1v) is 5.05. The monoisotopic (exact) mass is 218 g/mol. The van der Waals surface area contributed by atoms with E-state index in [0.717, 1.165) is 17.9 Å².